The van der Waals surface area contributed by atoms with Crippen LogP contribution in [-0.4, -0.2) is 44.2 Å². The molecule has 2 N–H and O–H groups in total. The second kappa shape index (κ2) is 8.48. The summed E-state index contributed by atoms with van der Waals surface area (Å²) < 4.78 is 11.4. The number of methoxy groups -OCH3 is 1. The summed E-state index contributed by atoms with van der Waals surface area (Å²) in [5, 5.41) is 12.9. The van der Waals surface area contributed by atoms with E-state index < -0.39 is 6.10 Å². The third kappa shape index (κ3) is 6.35. The second-order valence-corrected chi connectivity index (χ2v) is 5.06. The number of aliphatic hydroxyl groups is 1. The van der Waals surface area contributed by atoms with Crippen LogP contribution in [0.25, 0.3) is 0 Å². The number of ether oxygens (including phenoxy) is 2. The van der Waals surface area contributed by atoms with Gasteiger partial charge >= 0.3 is 0 Å². The summed E-state index contributed by atoms with van der Waals surface area (Å²) in [6, 6.07) is 7.80. The zero-order chi connectivity index (χ0) is 13.4. The monoisotopic (exact) mass is 317 g/mol. The molecule has 0 radical (unpaired) electrons. The topological polar surface area (TPSA) is 50.7 Å². The van der Waals surface area contributed by atoms with E-state index in [2.05, 4.69) is 21.2 Å². The van der Waals surface area contributed by atoms with Crippen molar-refractivity contribution in [2.45, 2.75) is 19.1 Å². The number of halogens is 1. The molecule has 0 aliphatic carbocycles. The predicted molar refractivity (Wildman–Crippen MR) is 75.9 cm³/mol. The first-order valence-corrected chi connectivity index (χ1v) is 6.69. The lowest BCUT2D eigenvalue weighted by molar-refractivity contribution is -0.0282. The van der Waals surface area contributed by atoms with Crippen LogP contribution in [0.4, 0.5) is 5.69 Å². The Morgan fingerprint density at radius 3 is 2.56 bits per heavy atom. The normalized spacial score (nSPS) is 14.2. The van der Waals surface area contributed by atoms with Crippen LogP contribution in [0.1, 0.15) is 6.92 Å². The van der Waals surface area contributed by atoms with Gasteiger partial charge in [-0.1, -0.05) is 15.9 Å². The minimum absolute atomic E-state index is 0.00247. The van der Waals surface area contributed by atoms with E-state index >= 15 is 0 Å². The van der Waals surface area contributed by atoms with Crippen LogP contribution in [0.5, 0.6) is 0 Å². The Hall–Kier alpha value is -0.620. The number of aliphatic hydroxyl groups excluding tert-OH is 1. The molecule has 1 rings (SSSR count). The Labute approximate surface area is 116 Å². The summed E-state index contributed by atoms with van der Waals surface area (Å²) in [5.41, 5.74) is 0.974. The van der Waals surface area contributed by atoms with Gasteiger partial charge in [0.15, 0.2) is 0 Å². The quantitative estimate of drug-likeness (QED) is 0.772. The van der Waals surface area contributed by atoms with E-state index in [9.17, 15) is 5.11 Å². The van der Waals surface area contributed by atoms with Gasteiger partial charge in [-0.05, 0) is 31.2 Å². The van der Waals surface area contributed by atoms with E-state index in [-0.39, 0.29) is 6.10 Å². The first-order valence-electron chi connectivity index (χ1n) is 5.90. The van der Waals surface area contributed by atoms with Crippen LogP contribution in [0.15, 0.2) is 28.7 Å². The molecule has 0 saturated heterocycles. The van der Waals surface area contributed by atoms with E-state index in [1.165, 1.54) is 0 Å². The Morgan fingerprint density at radius 1 is 1.28 bits per heavy atom. The number of anilines is 1. The molecule has 0 aliphatic heterocycles. The van der Waals surface area contributed by atoms with E-state index in [1.807, 2.05) is 31.2 Å². The minimum Gasteiger partial charge on any atom is -0.389 e. The number of hydrogen-bond donors (Lipinski definition) is 2. The summed E-state index contributed by atoms with van der Waals surface area (Å²) in [5.74, 6) is 0. The molecule has 2 atom stereocenters. The van der Waals surface area contributed by atoms with Crippen LogP contribution in [-0.2, 0) is 9.47 Å². The van der Waals surface area contributed by atoms with Crippen LogP contribution in [0.3, 0.4) is 0 Å². The van der Waals surface area contributed by atoms with Crippen molar-refractivity contribution >= 4 is 21.6 Å². The molecule has 0 amide bonds. The van der Waals surface area contributed by atoms with Crippen molar-refractivity contribution in [1.82, 2.24) is 0 Å². The lowest BCUT2D eigenvalue weighted by Crippen LogP contribution is -2.28. The van der Waals surface area contributed by atoms with Crippen LogP contribution >= 0.6 is 15.9 Å². The third-order valence-electron chi connectivity index (χ3n) is 2.36. The van der Waals surface area contributed by atoms with Crippen molar-refractivity contribution in [1.29, 1.82) is 0 Å². The summed E-state index contributed by atoms with van der Waals surface area (Å²) in [6.45, 7) is 3.21. The van der Waals surface area contributed by atoms with Crippen molar-refractivity contribution in [3.63, 3.8) is 0 Å². The van der Waals surface area contributed by atoms with Gasteiger partial charge in [0.1, 0.15) is 0 Å². The second-order valence-electron chi connectivity index (χ2n) is 4.14. The van der Waals surface area contributed by atoms with E-state index in [0.29, 0.717) is 19.8 Å². The highest BCUT2D eigenvalue weighted by molar-refractivity contribution is 9.10. The Morgan fingerprint density at radius 2 is 1.94 bits per heavy atom. The molecule has 1 aromatic carbocycles. The molecule has 0 fully saturated rings. The van der Waals surface area contributed by atoms with Gasteiger partial charge in [-0.2, -0.15) is 0 Å². The number of benzene rings is 1. The third-order valence-corrected chi connectivity index (χ3v) is 2.89. The molecular weight excluding hydrogens is 298 g/mol. The van der Waals surface area contributed by atoms with E-state index in [1.54, 1.807) is 7.11 Å². The molecule has 0 spiro atoms. The molecule has 1 aromatic rings. The SMILES string of the molecule is COCC(C)OCC(O)CNc1ccc(Br)cc1. The molecule has 2 unspecified atom stereocenters. The van der Waals surface area contributed by atoms with Crippen molar-refractivity contribution in [3.8, 4) is 0 Å². The number of rotatable bonds is 8. The molecule has 0 aliphatic rings. The highest BCUT2D eigenvalue weighted by Crippen LogP contribution is 2.13. The maximum atomic E-state index is 9.74. The highest BCUT2D eigenvalue weighted by Gasteiger charge is 2.07. The zero-order valence-electron chi connectivity index (χ0n) is 10.7. The zero-order valence-corrected chi connectivity index (χ0v) is 12.3. The van der Waals surface area contributed by atoms with Gasteiger partial charge in [-0.25, -0.2) is 0 Å². The minimum atomic E-state index is -0.534. The molecule has 102 valence electrons. The Balaban J connectivity index is 2.20. The van der Waals surface area contributed by atoms with Crippen LogP contribution in [0, 0.1) is 0 Å². The van der Waals surface area contributed by atoms with Crippen molar-refractivity contribution in [2.75, 3.05) is 32.2 Å². The standard InChI is InChI=1S/C13H20BrNO3/c1-10(8-17-2)18-9-13(16)7-15-12-5-3-11(14)4-6-12/h3-6,10,13,15-16H,7-9H2,1-2H3. The Bertz CT molecular complexity index is 332. The van der Waals surface area contributed by atoms with Gasteiger partial charge < -0.3 is 19.9 Å². The molecule has 0 saturated carbocycles. The average Bonchev–Trinajstić information content (AvgIpc) is 2.36. The van der Waals surface area contributed by atoms with Gasteiger partial charge in [0.2, 0.25) is 0 Å². The molecule has 0 heterocycles. The number of nitrogens with one attached hydrogen (secondary N) is 1. The van der Waals surface area contributed by atoms with E-state index in [0.717, 1.165) is 10.2 Å². The van der Waals surface area contributed by atoms with Crippen LogP contribution < -0.4 is 5.32 Å². The predicted octanol–water partition coefficient (Wildman–Crippen LogP) is 2.27. The maximum Gasteiger partial charge on any atom is 0.0945 e. The molecule has 18 heavy (non-hydrogen) atoms. The van der Waals surface area contributed by atoms with Gasteiger partial charge in [-0.3, -0.25) is 0 Å². The van der Waals surface area contributed by atoms with Crippen molar-refractivity contribution in [3.05, 3.63) is 28.7 Å². The van der Waals surface area contributed by atoms with Crippen molar-refractivity contribution < 1.29 is 14.6 Å². The van der Waals surface area contributed by atoms with Crippen molar-refractivity contribution in [2.24, 2.45) is 0 Å². The maximum absolute atomic E-state index is 9.74. The molecule has 5 heteroatoms. The molecular formula is C13H20BrNO3. The number of hydrogen-bond acceptors (Lipinski definition) is 4. The summed E-state index contributed by atoms with van der Waals surface area (Å²) >= 11 is 3.37. The van der Waals surface area contributed by atoms with Gasteiger partial charge in [0, 0.05) is 23.8 Å². The first kappa shape index (κ1) is 15.4. The molecule has 0 bridgehead atoms. The lowest BCUT2D eigenvalue weighted by atomic mass is 10.3. The highest BCUT2D eigenvalue weighted by atomic mass is 79.9. The lowest BCUT2D eigenvalue weighted by Gasteiger charge is -2.16. The van der Waals surface area contributed by atoms with Crippen LogP contribution in [0.2, 0.25) is 0 Å². The summed E-state index contributed by atoms with van der Waals surface area (Å²) in [7, 11) is 1.63. The van der Waals surface area contributed by atoms with Gasteiger partial charge in [0.05, 0.1) is 25.4 Å². The van der Waals surface area contributed by atoms with Gasteiger partial charge in [-0.15, -0.1) is 0 Å². The fourth-order valence-electron chi connectivity index (χ4n) is 1.42. The summed E-state index contributed by atoms with van der Waals surface area (Å²) in [6.07, 6.45) is -0.537. The molecule has 4 nitrogen and oxygen atoms in total. The fraction of sp³-hybridized carbons (Fsp3) is 0.538. The fourth-order valence-corrected chi connectivity index (χ4v) is 1.68. The Kier molecular flexibility index (Phi) is 7.27. The first-order chi connectivity index (χ1) is 8.61. The summed E-state index contributed by atoms with van der Waals surface area (Å²) in [4.78, 5) is 0. The smallest absolute Gasteiger partial charge is 0.0945 e. The van der Waals surface area contributed by atoms with E-state index in [4.69, 9.17) is 9.47 Å². The molecule has 0 aromatic heterocycles. The largest absolute Gasteiger partial charge is 0.389 e. The average molecular weight is 318 g/mol. The van der Waals surface area contributed by atoms with Gasteiger partial charge in [0.25, 0.3) is 0 Å².